The number of nitrogens with one attached hydrogen (secondary N) is 1. The van der Waals surface area contributed by atoms with Crippen LogP contribution in [0.1, 0.15) is 31.8 Å². The van der Waals surface area contributed by atoms with Crippen molar-refractivity contribution in [2.75, 3.05) is 13.1 Å². The third-order valence-electron chi connectivity index (χ3n) is 6.02. The Labute approximate surface area is 211 Å². The van der Waals surface area contributed by atoms with Gasteiger partial charge in [-0.1, -0.05) is 30.3 Å². The van der Waals surface area contributed by atoms with E-state index in [1.54, 1.807) is 0 Å². The first-order chi connectivity index (χ1) is 17.8. The quantitative estimate of drug-likeness (QED) is 0.374. The number of amides is 3. The standard InChI is InChI=1S/C26H24FN5O5/c27-21-6-2-5-20(14-21)26(35)31-12-11-30(25(34)19-7-9-22(10-8-19)32(36)37)24(31)23(33)29-16-18-4-1-3-17(13-18)15-28/h1-10,13-14,24H,11-12,15-16,28H2,(H,29,33). The molecule has 1 aliphatic heterocycles. The Morgan fingerprint density at radius 1 is 0.919 bits per heavy atom. The van der Waals surface area contributed by atoms with Crippen molar-refractivity contribution in [3.05, 3.63) is 111 Å². The summed E-state index contributed by atoms with van der Waals surface area (Å²) < 4.78 is 13.8. The number of carbonyl (C=O) groups is 3. The molecule has 1 aliphatic rings. The molecule has 190 valence electrons. The number of halogens is 1. The van der Waals surface area contributed by atoms with E-state index in [0.29, 0.717) is 6.54 Å². The molecular formula is C26H24FN5O5. The Morgan fingerprint density at radius 2 is 1.54 bits per heavy atom. The van der Waals surface area contributed by atoms with Crippen LogP contribution >= 0.6 is 0 Å². The van der Waals surface area contributed by atoms with E-state index in [1.165, 1.54) is 52.3 Å². The molecule has 3 aromatic carbocycles. The molecule has 0 radical (unpaired) electrons. The van der Waals surface area contributed by atoms with Gasteiger partial charge in [0.15, 0.2) is 6.17 Å². The topological polar surface area (TPSA) is 139 Å². The summed E-state index contributed by atoms with van der Waals surface area (Å²) in [5, 5.41) is 13.7. The van der Waals surface area contributed by atoms with Crippen molar-refractivity contribution in [2.24, 2.45) is 5.73 Å². The second-order valence-electron chi connectivity index (χ2n) is 8.43. The largest absolute Gasteiger partial charge is 0.349 e. The van der Waals surface area contributed by atoms with Crippen LogP contribution in [0.3, 0.4) is 0 Å². The summed E-state index contributed by atoms with van der Waals surface area (Å²) in [7, 11) is 0. The van der Waals surface area contributed by atoms with Crippen LogP contribution in [0.4, 0.5) is 10.1 Å². The van der Waals surface area contributed by atoms with Gasteiger partial charge < -0.3 is 20.9 Å². The summed E-state index contributed by atoms with van der Waals surface area (Å²) in [5.41, 5.74) is 7.33. The Hall–Kier alpha value is -4.64. The number of hydrogen-bond acceptors (Lipinski definition) is 6. The van der Waals surface area contributed by atoms with Crippen molar-refractivity contribution in [3.8, 4) is 0 Å². The average Bonchev–Trinajstić information content (AvgIpc) is 3.36. The van der Waals surface area contributed by atoms with E-state index in [1.807, 2.05) is 24.3 Å². The van der Waals surface area contributed by atoms with E-state index in [0.717, 1.165) is 17.2 Å². The van der Waals surface area contributed by atoms with Crippen LogP contribution in [-0.2, 0) is 17.9 Å². The van der Waals surface area contributed by atoms with Gasteiger partial charge in [0.2, 0.25) is 0 Å². The third-order valence-corrected chi connectivity index (χ3v) is 6.02. The SMILES string of the molecule is NCc1cccc(CNC(=O)C2N(C(=O)c3ccc([N+](=O)[O-])cc3)CCN2C(=O)c2cccc(F)c2)c1. The molecule has 0 spiro atoms. The van der Waals surface area contributed by atoms with E-state index in [4.69, 9.17) is 5.73 Å². The Morgan fingerprint density at radius 3 is 2.16 bits per heavy atom. The summed E-state index contributed by atoms with van der Waals surface area (Å²) in [6.07, 6.45) is -1.31. The van der Waals surface area contributed by atoms with Crippen LogP contribution in [0.25, 0.3) is 0 Å². The molecule has 1 fully saturated rings. The van der Waals surface area contributed by atoms with Gasteiger partial charge in [-0.05, 0) is 41.5 Å². The predicted octanol–water partition coefficient (Wildman–Crippen LogP) is 2.43. The molecule has 4 rings (SSSR count). The molecule has 3 amide bonds. The number of nitrogens with zero attached hydrogens (tertiary/aromatic N) is 3. The van der Waals surface area contributed by atoms with E-state index >= 15 is 0 Å². The maximum Gasteiger partial charge on any atom is 0.269 e. The summed E-state index contributed by atoms with van der Waals surface area (Å²) in [6.45, 7) is 0.537. The molecule has 0 saturated carbocycles. The molecular weight excluding hydrogens is 481 g/mol. The zero-order valence-corrected chi connectivity index (χ0v) is 19.7. The van der Waals surface area contributed by atoms with Gasteiger partial charge in [-0.15, -0.1) is 0 Å². The highest BCUT2D eigenvalue weighted by Crippen LogP contribution is 2.23. The predicted molar refractivity (Wildman–Crippen MR) is 132 cm³/mol. The highest BCUT2D eigenvalue weighted by molar-refractivity contribution is 6.02. The fourth-order valence-corrected chi connectivity index (χ4v) is 4.16. The lowest BCUT2D eigenvalue weighted by atomic mass is 10.1. The van der Waals surface area contributed by atoms with Crippen LogP contribution in [0.5, 0.6) is 0 Å². The molecule has 10 nitrogen and oxygen atoms in total. The number of rotatable bonds is 7. The van der Waals surface area contributed by atoms with Crippen molar-refractivity contribution < 1.29 is 23.7 Å². The Balaban J connectivity index is 1.61. The maximum absolute atomic E-state index is 13.8. The minimum Gasteiger partial charge on any atom is -0.349 e. The molecule has 3 aromatic rings. The van der Waals surface area contributed by atoms with E-state index < -0.39 is 34.6 Å². The number of carbonyl (C=O) groups excluding carboxylic acids is 3. The van der Waals surface area contributed by atoms with Crippen molar-refractivity contribution in [2.45, 2.75) is 19.3 Å². The normalized spacial score (nSPS) is 14.9. The summed E-state index contributed by atoms with van der Waals surface area (Å²) in [5.74, 6) is -2.39. The smallest absolute Gasteiger partial charge is 0.269 e. The molecule has 1 heterocycles. The summed E-state index contributed by atoms with van der Waals surface area (Å²) >= 11 is 0. The Kier molecular flexibility index (Phi) is 7.54. The van der Waals surface area contributed by atoms with E-state index in [9.17, 15) is 28.9 Å². The lowest BCUT2D eigenvalue weighted by Gasteiger charge is -2.29. The molecule has 0 aromatic heterocycles. The number of nitro groups is 1. The van der Waals surface area contributed by atoms with Gasteiger partial charge in [-0.2, -0.15) is 0 Å². The van der Waals surface area contributed by atoms with Crippen molar-refractivity contribution >= 4 is 23.4 Å². The second kappa shape index (κ2) is 11.0. The van der Waals surface area contributed by atoms with Crippen LogP contribution < -0.4 is 11.1 Å². The number of hydrogen-bond donors (Lipinski definition) is 2. The number of nitrogens with two attached hydrogens (primary N) is 1. The number of nitro benzene ring substituents is 1. The van der Waals surface area contributed by atoms with E-state index in [2.05, 4.69) is 5.32 Å². The van der Waals surface area contributed by atoms with Gasteiger partial charge in [-0.25, -0.2) is 4.39 Å². The first-order valence-electron chi connectivity index (χ1n) is 11.5. The minimum absolute atomic E-state index is 0.0365. The average molecular weight is 506 g/mol. The molecule has 0 aliphatic carbocycles. The molecule has 1 unspecified atom stereocenters. The second-order valence-corrected chi connectivity index (χ2v) is 8.43. The van der Waals surface area contributed by atoms with Crippen LogP contribution in [0.2, 0.25) is 0 Å². The van der Waals surface area contributed by atoms with Crippen LogP contribution in [0.15, 0.2) is 72.8 Å². The monoisotopic (exact) mass is 505 g/mol. The van der Waals surface area contributed by atoms with Gasteiger partial charge in [0.25, 0.3) is 23.4 Å². The van der Waals surface area contributed by atoms with Gasteiger partial charge in [0, 0.05) is 49.4 Å². The van der Waals surface area contributed by atoms with Gasteiger partial charge in [-0.3, -0.25) is 24.5 Å². The number of benzene rings is 3. The lowest BCUT2D eigenvalue weighted by molar-refractivity contribution is -0.384. The highest BCUT2D eigenvalue weighted by atomic mass is 19.1. The molecule has 37 heavy (non-hydrogen) atoms. The van der Waals surface area contributed by atoms with Crippen LogP contribution in [0, 0.1) is 15.9 Å². The first-order valence-corrected chi connectivity index (χ1v) is 11.5. The van der Waals surface area contributed by atoms with Crippen LogP contribution in [-0.4, -0.2) is 51.7 Å². The van der Waals surface area contributed by atoms with Crippen molar-refractivity contribution in [1.82, 2.24) is 15.1 Å². The van der Waals surface area contributed by atoms with Gasteiger partial charge in [0.05, 0.1) is 4.92 Å². The number of non-ortho nitro benzene ring substituents is 1. The highest BCUT2D eigenvalue weighted by Gasteiger charge is 2.43. The summed E-state index contributed by atoms with van der Waals surface area (Å²) in [4.78, 5) is 52.8. The minimum atomic E-state index is -1.31. The van der Waals surface area contributed by atoms with Crippen molar-refractivity contribution in [3.63, 3.8) is 0 Å². The Bertz CT molecular complexity index is 1350. The maximum atomic E-state index is 13.8. The van der Waals surface area contributed by atoms with Gasteiger partial charge in [0.1, 0.15) is 5.82 Å². The fourth-order valence-electron chi connectivity index (χ4n) is 4.16. The molecule has 3 N–H and O–H groups in total. The summed E-state index contributed by atoms with van der Waals surface area (Å²) in [6, 6.07) is 17.4. The third kappa shape index (κ3) is 5.62. The lowest BCUT2D eigenvalue weighted by Crippen LogP contribution is -2.53. The zero-order chi connectivity index (χ0) is 26.5. The van der Waals surface area contributed by atoms with E-state index in [-0.39, 0.29) is 36.4 Å². The zero-order valence-electron chi connectivity index (χ0n) is 19.7. The molecule has 0 bridgehead atoms. The molecule has 1 saturated heterocycles. The molecule has 1 atom stereocenters. The first kappa shape index (κ1) is 25.5. The molecule has 11 heteroatoms. The van der Waals surface area contributed by atoms with Crippen molar-refractivity contribution in [1.29, 1.82) is 0 Å². The fraction of sp³-hybridized carbons (Fsp3) is 0.192. The van der Waals surface area contributed by atoms with Gasteiger partial charge >= 0.3 is 0 Å².